The topological polar surface area (TPSA) is 74.2 Å². The number of anilines is 1. The van der Waals surface area contributed by atoms with Gasteiger partial charge in [-0.25, -0.2) is 0 Å². The van der Waals surface area contributed by atoms with Gasteiger partial charge in [-0.2, -0.15) is 5.26 Å². The first-order valence-electron chi connectivity index (χ1n) is 7.77. The summed E-state index contributed by atoms with van der Waals surface area (Å²) in [4.78, 5) is 12.0. The molecule has 2 N–H and O–H groups in total. The molecule has 2 aromatic rings. The summed E-state index contributed by atoms with van der Waals surface area (Å²) in [5, 5.41) is 14.8. The largest absolute Gasteiger partial charge is 0.496 e. The van der Waals surface area contributed by atoms with Crippen LogP contribution in [-0.4, -0.2) is 25.6 Å². The molecule has 1 amide bonds. The van der Waals surface area contributed by atoms with Crippen LogP contribution in [0.5, 0.6) is 5.75 Å². The van der Waals surface area contributed by atoms with E-state index in [4.69, 9.17) is 10.00 Å². The van der Waals surface area contributed by atoms with E-state index in [9.17, 15) is 4.79 Å². The Hall–Kier alpha value is -3.00. The number of carbonyl (C=O) groups is 1. The van der Waals surface area contributed by atoms with Crippen molar-refractivity contribution >= 4 is 11.6 Å². The average molecular weight is 323 g/mol. The number of nitrogens with one attached hydrogen (secondary N) is 2. The molecule has 0 unspecified atom stereocenters. The van der Waals surface area contributed by atoms with Gasteiger partial charge in [-0.05, 0) is 49.2 Å². The van der Waals surface area contributed by atoms with Crippen LogP contribution >= 0.6 is 0 Å². The van der Waals surface area contributed by atoms with Gasteiger partial charge in [-0.15, -0.1) is 0 Å². The third-order valence-electron chi connectivity index (χ3n) is 3.59. The lowest BCUT2D eigenvalue weighted by Crippen LogP contribution is -2.37. The van der Waals surface area contributed by atoms with Crippen LogP contribution in [0.1, 0.15) is 18.1 Å². The zero-order valence-electron chi connectivity index (χ0n) is 13.9. The first kappa shape index (κ1) is 17.4. The Bertz CT molecular complexity index is 720. The van der Waals surface area contributed by atoms with Crippen LogP contribution in [0.2, 0.25) is 0 Å². The summed E-state index contributed by atoms with van der Waals surface area (Å²) in [7, 11) is 1.64. The van der Waals surface area contributed by atoms with Crippen LogP contribution in [0.15, 0.2) is 48.5 Å². The number of amides is 1. The second kappa shape index (κ2) is 8.59. The molecule has 0 saturated carbocycles. The smallest absolute Gasteiger partial charge is 0.239 e. The highest BCUT2D eigenvalue weighted by Gasteiger charge is 2.10. The maximum atomic E-state index is 12.0. The molecular formula is C19H21N3O2. The Balaban J connectivity index is 1.82. The van der Waals surface area contributed by atoms with E-state index in [1.807, 2.05) is 31.2 Å². The van der Waals surface area contributed by atoms with Crippen LogP contribution in [0, 0.1) is 11.3 Å². The highest BCUT2D eigenvalue weighted by molar-refractivity contribution is 5.81. The molecule has 24 heavy (non-hydrogen) atoms. The number of benzene rings is 2. The number of hydrogen-bond donors (Lipinski definition) is 2. The maximum Gasteiger partial charge on any atom is 0.239 e. The molecule has 0 aliphatic heterocycles. The molecule has 2 aromatic carbocycles. The van der Waals surface area contributed by atoms with Gasteiger partial charge in [0.25, 0.3) is 0 Å². The van der Waals surface area contributed by atoms with Gasteiger partial charge in [0.1, 0.15) is 5.75 Å². The quantitative estimate of drug-likeness (QED) is 0.821. The fourth-order valence-corrected chi connectivity index (χ4v) is 2.42. The number of methoxy groups -OCH3 is 1. The zero-order chi connectivity index (χ0) is 17.4. The third-order valence-corrected chi connectivity index (χ3v) is 3.59. The van der Waals surface area contributed by atoms with E-state index < -0.39 is 0 Å². The van der Waals surface area contributed by atoms with Crippen molar-refractivity contribution in [2.75, 3.05) is 19.0 Å². The first-order valence-corrected chi connectivity index (χ1v) is 7.77. The molecule has 5 heteroatoms. The van der Waals surface area contributed by atoms with E-state index in [1.54, 1.807) is 31.4 Å². The van der Waals surface area contributed by atoms with Gasteiger partial charge in [0.15, 0.2) is 0 Å². The van der Waals surface area contributed by atoms with Crippen molar-refractivity contribution in [3.05, 3.63) is 59.7 Å². The molecule has 1 atom stereocenters. The molecule has 2 rings (SSSR count). The SMILES string of the molecule is COc1ccccc1C[C@H](C)NC(=O)CNc1ccc(C#N)cc1. The second-order valence-electron chi connectivity index (χ2n) is 5.53. The second-order valence-corrected chi connectivity index (χ2v) is 5.53. The molecule has 0 aliphatic carbocycles. The predicted molar refractivity (Wildman–Crippen MR) is 93.9 cm³/mol. The van der Waals surface area contributed by atoms with E-state index >= 15 is 0 Å². The Morgan fingerprint density at radius 1 is 1.21 bits per heavy atom. The van der Waals surface area contributed by atoms with Crippen molar-refractivity contribution < 1.29 is 9.53 Å². The normalized spacial score (nSPS) is 11.2. The number of para-hydroxylation sites is 1. The summed E-state index contributed by atoms with van der Waals surface area (Å²) >= 11 is 0. The number of nitrogens with zero attached hydrogens (tertiary/aromatic N) is 1. The lowest BCUT2D eigenvalue weighted by Gasteiger charge is -2.16. The standard InChI is InChI=1S/C19H21N3O2/c1-14(11-16-5-3-4-6-18(16)24-2)22-19(23)13-21-17-9-7-15(12-20)8-10-17/h3-10,14,21H,11,13H2,1-2H3,(H,22,23)/t14-/m0/s1. The molecule has 124 valence electrons. The molecule has 0 heterocycles. The lowest BCUT2D eigenvalue weighted by molar-refractivity contribution is -0.119. The minimum atomic E-state index is -0.0817. The summed E-state index contributed by atoms with van der Waals surface area (Å²) in [6.07, 6.45) is 0.701. The van der Waals surface area contributed by atoms with Crippen molar-refractivity contribution in [1.82, 2.24) is 5.32 Å². The van der Waals surface area contributed by atoms with Gasteiger partial charge in [-0.1, -0.05) is 18.2 Å². The summed E-state index contributed by atoms with van der Waals surface area (Å²) < 4.78 is 5.33. The fraction of sp³-hybridized carbons (Fsp3) is 0.263. The average Bonchev–Trinajstić information content (AvgIpc) is 2.60. The summed E-state index contributed by atoms with van der Waals surface area (Å²) in [6.45, 7) is 2.15. The maximum absolute atomic E-state index is 12.0. The van der Waals surface area contributed by atoms with E-state index in [-0.39, 0.29) is 18.5 Å². The van der Waals surface area contributed by atoms with Gasteiger partial charge < -0.3 is 15.4 Å². The predicted octanol–water partition coefficient (Wildman–Crippen LogP) is 2.73. The molecule has 0 saturated heterocycles. The number of ether oxygens (including phenoxy) is 1. The summed E-state index contributed by atoms with van der Waals surface area (Å²) in [5.74, 6) is 0.746. The lowest BCUT2D eigenvalue weighted by atomic mass is 10.1. The summed E-state index contributed by atoms with van der Waals surface area (Å²) in [5.41, 5.74) is 2.46. The highest BCUT2D eigenvalue weighted by Crippen LogP contribution is 2.18. The van der Waals surface area contributed by atoms with E-state index in [0.29, 0.717) is 12.0 Å². The van der Waals surface area contributed by atoms with Crippen molar-refractivity contribution in [2.24, 2.45) is 0 Å². The highest BCUT2D eigenvalue weighted by atomic mass is 16.5. The number of nitriles is 1. The third kappa shape index (κ3) is 5.03. The van der Waals surface area contributed by atoms with Crippen molar-refractivity contribution in [3.8, 4) is 11.8 Å². The van der Waals surface area contributed by atoms with Crippen molar-refractivity contribution in [2.45, 2.75) is 19.4 Å². The van der Waals surface area contributed by atoms with Crippen LogP contribution < -0.4 is 15.4 Å². The number of hydrogen-bond acceptors (Lipinski definition) is 4. The van der Waals surface area contributed by atoms with Gasteiger partial charge >= 0.3 is 0 Å². The molecule has 0 spiro atoms. The Labute approximate surface area is 142 Å². The van der Waals surface area contributed by atoms with Crippen molar-refractivity contribution in [1.29, 1.82) is 5.26 Å². The van der Waals surface area contributed by atoms with E-state index in [1.165, 1.54) is 0 Å². The Kier molecular flexibility index (Phi) is 6.21. The monoisotopic (exact) mass is 323 g/mol. The van der Waals surface area contributed by atoms with Gasteiger partial charge in [0, 0.05) is 11.7 Å². The van der Waals surface area contributed by atoms with Crippen molar-refractivity contribution in [3.63, 3.8) is 0 Å². The number of rotatable bonds is 7. The fourth-order valence-electron chi connectivity index (χ4n) is 2.42. The van der Waals surface area contributed by atoms with E-state index in [0.717, 1.165) is 17.0 Å². The molecule has 5 nitrogen and oxygen atoms in total. The van der Waals surface area contributed by atoms with Gasteiger partial charge in [0.05, 0.1) is 25.3 Å². The minimum absolute atomic E-state index is 0.00318. The molecular weight excluding hydrogens is 302 g/mol. The zero-order valence-corrected chi connectivity index (χ0v) is 13.9. The molecule has 0 aromatic heterocycles. The summed E-state index contributed by atoms with van der Waals surface area (Å²) in [6, 6.07) is 16.8. The van der Waals surface area contributed by atoms with E-state index in [2.05, 4.69) is 16.7 Å². The Morgan fingerprint density at radius 3 is 2.58 bits per heavy atom. The minimum Gasteiger partial charge on any atom is -0.496 e. The van der Waals surface area contributed by atoms with Gasteiger partial charge in [0.2, 0.25) is 5.91 Å². The molecule has 0 aliphatic rings. The molecule has 0 fully saturated rings. The number of carbonyl (C=O) groups excluding carboxylic acids is 1. The molecule has 0 radical (unpaired) electrons. The van der Waals surface area contributed by atoms with Crippen LogP contribution in [0.4, 0.5) is 5.69 Å². The van der Waals surface area contributed by atoms with Crippen LogP contribution in [0.25, 0.3) is 0 Å². The van der Waals surface area contributed by atoms with Gasteiger partial charge in [-0.3, -0.25) is 4.79 Å². The van der Waals surface area contributed by atoms with Crippen LogP contribution in [0.3, 0.4) is 0 Å². The van der Waals surface area contributed by atoms with Crippen LogP contribution in [-0.2, 0) is 11.2 Å². The Morgan fingerprint density at radius 2 is 1.92 bits per heavy atom. The first-order chi connectivity index (χ1) is 11.6. The molecule has 0 bridgehead atoms.